The molecule has 8 heteroatoms. The van der Waals surface area contributed by atoms with Gasteiger partial charge in [-0.05, 0) is 92.3 Å². The molecule has 0 aromatic heterocycles. The van der Waals surface area contributed by atoms with Crippen molar-refractivity contribution in [2.24, 2.45) is 0 Å². The van der Waals surface area contributed by atoms with Crippen LogP contribution in [0.25, 0.3) is 11.1 Å². The van der Waals surface area contributed by atoms with Crippen LogP contribution in [0.4, 0.5) is 17.6 Å². The predicted molar refractivity (Wildman–Crippen MR) is 154 cm³/mol. The van der Waals surface area contributed by atoms with E-state index in [4.69, 9.17) is 14.2 Å². The first-order valence-electron chi connectivity index (χ1n) is 14.5. The molecule has 3 aromatic rings. The van der Waals surface area contributed by atoms with Gasteiger partial charge in [0.25, 0.3) is 0 Å². The lowest BCUT2D eigenvalue weighted by atomic mass is 9.82. The normalized spacial score (nSPS) is 16.7. The average molecular weight is 585 g/mol. The SMILES string of the molecule is C=CCCCOc1ccc(-c2ccc(OC(=O)c3ccc(C4CCC(OCCCC)CC4)c(F)c3F)cc2)c(F)c1F. The maximum absolute atomic E-state index is 15.0. The molecule has 0 aliphatic heterocycles. The van der Waals surface area contributed by atoms with Crippen LogP contribution in [0.1, 0.15) is 80.1 Å². The van der Waals surface area contributed by atoms with E-state index in [1.807, 2.05) is 0 Å². The van der Waals surface area contributed by atoms with Gasteiger partial charge in [-0.1, -0.05) is 37.6 Å². The molecular weight excluding hydrogens is 548 g/mol. The van der Waals surface area contributed by atoms with Crippen molar-refractivity contribution in [2.75, 3.05) is 13.2 Å². The average Bonchev–Trinajstić information content (AvgIpc) is 3.00. The highest BCUT2D eigenvalue weighted by molar-refractivity contribution is 5.91. The van der Waals surface area contributed by atoms with Crippen molar-refractivity contribution < 1.29 is 36.6 Å². The Morgan fingerprint density at radius 1 is 0.857 bits per heavy atom. The van der Waals surface area contributed by atoms with Crippen LogP contribution >= 0.6 is 0 Å². The molecule has 0 heterocycles. The minimum absolute atomic E-state index is 0.00548. The van der Waals surface area contributed by atoms with Gasteiger partial charge >= 0.3 is 5.97 Å². The monoisotopic (exact) mass is 584 g/mol. The standard InChI is InChI=1S/C34H36F4O4/c1-3-5-7-21-41-29-19-18-27(31(36)33(29)38)23-10-14-25(15-11-23)42-34(39)28-17-16-26(30(35)32(28)37)22-8-12-24(13-9-22)40-20-6-4-2/h3,10-11,14-19,22,24H,1,4-9,12-13,20-21H2,2H3. The quantitative estimate of drug-likeness (QED) is 0.0660. The van der Waals surface area contributed by atoms with Gasteiger partial charge < -0.3 is 14.2 Å². The molecular formula is C34H36F4O4. The summed E-state index contributed by atoms with van der Waals surface area (Å²) in [6.07, 6.45) is 8.16. The zero-order valence-corrected chi connectivity index (χ0v) is 23.8. The Hall–Kier alpha value is -3.65. The molecule has 1 fully saturated rings. The van der Waals surface area contributed by atoms with Gasteiger partial charge in [-0.25, -0.2) is 18.0 Å². The van der Waals surface area contributed by atoms with Crippen LogP contribution in [0.2, 0.25) is 0 Å². The van der Waals surface area contributed by atoms with Crippen LogP contribution in [-0.2, 0) is 4.74 Å². The third-order valence-corrected chi connectivity index (χ3v) is 7.53. The molecule has 0 amide bonds. The highest BCUT2D eigenvalue weighted by Crippen LogP contribution is 2.37. The summed E-state index contributed by atoms with van der Waals surface area (Å²) in [5.41, 5.74) is 0.0575. The number of carbonyl (C=O) groups is 1. The molecule has 1 aliphatic rings. The molecule has 3 aromatic carbocycles. The first-order chi connectivity index (χ1) is 20.3. The van der Waals surface area contributed by atoms with Crippen LogP contribution < -0.4 is 9.47 Å². The first kappa shape index (κ1) is 31.3. The molecule has 4 nitrogen and oxygen atoms in total. The van der Waals surface area contributed by atoms with Crippen molar-refractivity contribution in [3.63, 3.8) is 0 Å². The number of hydrogen-bond donors (Lipinski definition) is 0. The van der Waals surface area contributed by atoms with Crippen molar-refractivity contribution in [3.05, 3.63) is 95.6 Å². The Morgan fingerprint density at radius 3 is 2.29 bits per heavy atom. The second kappa shape index (κ2) is 15.0. The van der Waals surface area contributed by atoms with Crippen LogP contribution in [0, 0.1) is 23.3 Å². The predicted octanol–water partition coefficient (Wildman–Crippen LogP) is 9.32. The number of hydrogen-bond acceptors (Lipinski definition) is 4. The fourth-order valence-electron chi connectivity index (χ4n) is 5.11. The number of rotatable bonds is 13. The lowest BCUT2D eigenvalue weighted by Gasteiger charge is -2.29. The van der Waals surface area contributed by atoms with Crippen molar-refractivity contribution in [1.29, 1.82) is 0 Å². The Labute approximate surface area is 244 Å². The van der Waals surface area contributed by atoms with Crippen LogP contribution in [0.15, 0.2) is 61.2 Å². The van der Waals surface area contributed by atoms with Gasteiger partial charge in [0.1, 0.15) is 5.75 Å². The summed E-state index contributed by atoms with van der Waals surface area (Å²) in [6, 6.07) is 11.1. The van der Waals surface area contributed by atoms with E-state index < -0.39 is 34.8 Å². The van der Waals surface area contributed by atoms with E-state index >= 15 is 4.39 Å². The summed E-state index contributed by atoms with van der Waals surface area (Å²) >= 11 is 0. The number of carbonyl (C=O) groups excluding carboxylic acids is 1. The lowest BCUT2D eigenvalue weighted by molar-refractivity contribution is 0.0230. The van der Waals surface area contributed by atoms with E-state index in [0.717, 1.165) is 25.7 Å². The van der Waals surface area contributed by atoms with Crippen LogP contribution in [-0.4, -0.2) is 25.3 Å². The van der Waals surface area contributed by atoms with Gasteiger partial charge in [-0.3, -0.25) is 0 Å². The number of unbranched alkanes of at least 4 members (excludes halogenated alkanes) is 2. The second-order valence-corrected chi connectivity index (χ2v) is 10.5. The summed E-state index contributed by atoms with van der Waals surface area (Å²) in [4.78, 5) is 12.7. The smallest absolute Gasteiger partial charge is 0.346 e. The van der Waals surface area contributed by atoms with Crippen molar-refractivity contribution in [2.45, 2.75) is 70.3 Å². The number of allylic oxidation sites excluding steroid dienone is 1. The molecule has 224 valence electrons. The van der Waals surface area contributed by atoms with Gasteiger partial charge in [0.15, 0.2) is 23.2 Å². The van der Waals surface area contributed by atoms with E-state index in [-0.39, 0.29) is 41.3 Å². The first-order valence-corrected chi connectivity index (χ1v) is 14.5. The molecule has 0 unspecified atom stereocenters. The fourth-order valence-corrected chi connectivity index (χ4v) is 5.11. The van der Waals surface area contributed by atoms with E-state index in [0.29, 0.717) is 37.9 Å². The zero-order valence-electron chi connectivity index (χ0n) is 23.8. The second-order valence-electron chi connectivity index (χ2n) is 10.5. The van der Waals surface area contributed by atoms with E-state index in [1.165, 1.54) is 48.5 Å². The number of halogens is 4. The third-order valence-electron chi connectivity index (χ3n) is 7.53. The van der Waals surface area contributed by atoms with Gasteiger partial charge in [-0.15, -0.1) is 6.58 Å². The molecule has 1 aliphatic carbocycles. The number of esters is 1. The maximum Gasteiger partial charge on any atom is 0.346 e. The van der Waals surface area contributed by atoms with E-state index in [2.05, 4.69) is 13.5 Å². The Kier molecular flexibility index (Phi) is 11.2. The minimum atomic E-state index is -1.25. The van der Waals surface area contributed by atoms with Crippen molar-refractivity contribution in [3.8, 4) is 22.6 Å². The van der Waals surface area contributed by atoms with E-state index in [9.17, 15) is 18.0 Å². The summed E-state index contributed by atoms with van der Waals surface area (Å²) in [6.45, 7) is 6.64. The largest absolute Gasteiger partial charge is 0.490 e. The number of ether oxygens (including phenoxy) is 3. The van der Waals surface area contributed by atoms with E-state index in [1.54, 1.807) is 6.08 Å². The van der Waals surface area contributed by atoms with Crippen molar-refractivity contribution in [1.82, 2.24) is 0 Å². The summed E-state index contributed by atoms with van der Waals surface area (Å²) in [5, 5.41) is 0. The third kappa shape index (κ3) is 7.59. The Balaban J connectivity index is 1.38. The van der Waals surface area contributed by atoms with Gasteiger partial charge in [0.2, 0.25) is 5.82 Å². The number of benzene rings is 3. The fraction of sp³-hybridized carbons (Fsp3) is 0.382. The molecule has 4 rings (SSSR count). The molecule has 0 saturated heterocycles. The van der Waals surface area contributed by atoms with Crippen LogP contribution in [0.5, 0.6) is 11.5 Å². The molecule has 0 bridgehead atoms. The van der Waals surface area contributed by atoms with Gasteiger partial charge in [0, 0.05) is 12.2 Å². The summed E-state index contributed by atoms with van der Waals surface area (Å²) in [7, 11) is 0. The van der Waals surface area contributed by atoms with Crippen LogP contribution in [0.3, 0.4) is 0 Å². The lowest BCUT2D eigenvalue weighted by Crippen LogP contribution is -2.22. The Morgan fingerprint density at radius 2 is 1.60 bits per heavy atom. The summed E-state index contributed by atoms with van der Waals surface area (Å²) in [5.74, 6) is -5.82. The van der Waals surface area contributed by atoms with Gasteiger partial charge in [0.05, 0.1) is 18.3 Å². The maximum atomic E-state index is 15.0. The molecule has 0 atom stereocenters. The van der Waals surface area contributed by atoms with Gasteiger partial charge in [-0.2, -0.15) is 4.39 Å². The molecule has 0 spiro atoms. The molecule has 42 heavy (non-hydrogen) atoms. The molecule has 0 N–H and O–H groups in total. The summed E-state index contributed by atoms with van der Waals surface area (Å²) < 4.78 is 75.7. The molecule has 0 radical (unpaired) electrons. The highest BCUT2D eigenvalue weighted by atomic mass is 19.2. The zero-order chi connectivity index (χ0) is 30.1. The Bertz CT molecular complexity index is 1360. The van der Waals surface area contributed by atoms with Crippen molar-refractivity contribution >= 4 is 5.97 Å². The minimum Gasteiger partial charge on any atom is -0.490 e. The molecule has 1 saturated carbocycles. The highest BCUT2D eigenvalue weighted by Gasteiger charge is 2.28. The topological polar surface area (TPSA) is 44.8 Å².